The van der Waals surface area contributed by atoms with E-state index in [1.807, 2.05) is 0 Å². The Kier molecular flexibility index (Phi) is 6.25. The number of carbonyl (C=O) groups is 1. The van der Waals surface area contributed by atoms with Gasteiger partial charge in [-0.2, -0.15) is 10.2 Å². The lowest BCUT2D eigenvalue weighted by Crippen LogP contribution is -2.25. The number of nitriles is 1. The average molecular weight is 402 g/mol. The Morgan fingerprint density at radius 1 is 1.27 bits per heavy atom. The summed E-state index contributed by atoms with van der Waals surface area (Å²) in [5, 5.41) is 11.9. The summed E-state index contributed by atoms with van der Waals surface area (Å²) in [7, 11) is 1.49. The number of pyridine rings is 1. The van der Waals surface area contributed by atoms with E-state index in [2.05, 4.69) is 16.9 Å². The zero-order valence-electron chi connectivity index (χ0n) is 16.2. The molecule has 0 aliphatic carbocycles. The third kappa shape index (κ3) is 4.20. The van der Waals surface area contributed by atoms with Crippen LogP contribution in [-0.4, -0.2) is 28.9 Å². The van der Waals surface area contributed by atoms with Gasteiger partial charge in [0.05, 0.1) is 7.11 Å². The molecule has 3 rings (SSSR count). The predicted molar refractivity (Wildman–Crippen MR) is 111 cm³/mol. The molecule has 1 amide bonds. The van der Waals surface area contributed by atoms with Crippen molar-refractivity contribution in [2.75, 3.05) is 13.7 Å². The SMILES string of the molecule is C=CCNC(=O)/C(C#N)=C/c1c(Oc2ccccc2OC)nc2ccccn2c1=O. The molecule has 0 saturated heterocycles. The molecule has 0 aliphatic rings. The first-order valence-corrected chi connectivity index (χ1v) is 8.92. The number of carbonyl (C=O) groups excluding carboxylic acids is 1. The normalized spacial score (nSPS) is 10.9. The maximum atomic E-state index is 13.1. The van der Waals surface area contributed by atoms with E-state index in [4.69, 9.17) is 9.47 Å². The van der Waals surface area contributed by atoms with Crippen LogP contribution in [0.1, 0.15) is 5.56 Å². The lowest BCUT2D eigenvalue weighted by atomic mass is 10.1. The first-order chi connectivity index (χ1) is 14.6. The number of nitrogens with one attached hydrogen (secondary N) is 1. The summed E-state index contributed by atoms with van der Waals surface area (Å²) in [4.78, 5) is 29.7. The molecule has 30 heavy (non-hydrogen) atoms. The van der Waals surface area contributed by atoms with Crippen molar-refractivity contribution < 1.29 is 14.3 Å². The quantitative estimate of drug-likeness (QED) is 0.370. The number of nitrogens with zero attached hydrogens (tertiary/aromatic N) is 3. The Morgan fingerprint density at radius 3 is 2.70 bits per heavy atom. The van der Waals surface area contributed by atoms with Gasteiger partial charge in [0.2, 0.25) is 5.88 Å². The number of methoxy groups -OCH3 is 1. The number of hydrogen-bond donors (Lipinski definition) is 1. The van der Waals surface area contributed by atoms with Crippen molar-refractivity contribution in [3.63, 3.8) is 0 Å². The van der Waals surface area contributed by atoms with Crippen LogP contribution in [-0.2, 0) is 4.79 Å². The molecule has 150 valence electrons. The number of aromatic nitrogens is 2. The summed E-state index contributed by atoms with van der Waals surface area (Å²) >= 11 is 0. The third-order valence-electron chi connectivity index (χ3n) is 4.07. The van der Waals surface area contributed by atoms with Crippen LogP contribution in [0.15, 0.2) is 71.7 Å². The maximum absolute atomic E-state index is 13.1. The Labute approximate surface area is 172 Å². The highest BCUT2D eigenvalue weighted by Gasteiger charge is 2.18. The molecule has 0 fully saturated rings. The van der Waals surface area contributed by atoms with Crippen LogP contribution in [0.25, 0.3) is 11.7 Å². The van der Waals surface area contributed by atoms with Gasteiger partial charge in [-0.15, -0.1) is 6.58 Å². The Hall–Kier alpha value is -4.38. The van der Waals surface area contributed by atoms with Crippen LogP contribution in [0.4, 0.5) is 0 Å². The van der Waals surface area contributed by atoms with Crippen LogP contribution >= 0.6 is 0 Å². The lowest BCUT2D eigenvalue weighted by molar-refractivity contribution is -0.116. The number of amides is 1. The fraction of sp³-hybridized carbons (Fsp3) is 0.0909. The van der Waals surface area contributed by atoms with E-state index in [1.165, 1.54) is 17.6 Å². The Morgan fingerprint density at radius 2 is 2.00 bits per heavy atom. The summed E-state index contributed by atoms with van der Waals surface area (Å²) in [5.74, 6) is 0.0707. The summed E-state index contributed by atoms with van der Waals surface area (Å²) in [5.41, 5.74) is -0.458. The van der Waals surface area contributed by atoms with Gasteiger partial charge in [0.25, 0.3) is 11.5 Å². The predicted octanol–water partition coefficient (Wildman–Crippen LogP) is 2.70. The van der Waals surface area contributed by atoms with E-state index < -0.39 is 11.5 Å². The van der Waals surface area contributed by atoms with Crippen LogP contribution in [0, 0.1) is 11.3 Å². The Bertz CT molecular complexity index is 1240. The molecule has 0 saturated carbocycles. The summed E-state index contributed by atoms with van der Waals surface area (Å²) in [6, 6.07) is 13.7. The highest BCUT2D eigenvalue weighted by Crippen LogP contribution is 2.31. The van der Waals surface area contributed by atoms with Crippen molar-refractivity contribution in [3.8, 4) is 23.4 Å². The van der Waals surface area contributed by atoms with Gasteiger partial charge in [-0.1, -0.05) is 24.3 Å². The third-order valence-corrected chi connectivity index (χ3v) is 4.07. The highest BCUT2D eigenvalue weighted by molar-refractivity contribution is 6.02. The van der Waals surface area contributed by atoms with Gasteiger partial charge in [-0.05, 0) is 30.3 Å². The van der Waals surface area contributed by atoms with Crippen LogP contribution in [0.3, 0.4) is 0 Å². The van der Waals surface area contributed by atoms with Crippen LogP contribution in [0.2, 0.25) is 0 Å². The summed E-state index contributed by atoms with van der Waals surface area (Å²) in [6.45, 7) is 3.69. The molecule has 8 nitrogen and oxygen atoms in total. The zero-order valence-corrected chi connectivity index (χ0v) is 16.2. The zero-order chi connectivity index (χ0) is 21.5. The molecule has 2 heterocycles. The van der Waals surface area contributed by atoms with E-state index in [-0.39, 0.29) is 23.6 Å². The number of fused-ring (bicyclic) bond motifs is 1. The van der Waals surface area contributed by atoms with E-state index in [0.717, 1.165) is 6.08 Å². The molecule has 1 aromatic carbocycles. The van der Waals surface area contributed by atoms with E-state index >= 15 is 0 Å². The highest BCUT2D eigenvalue weighted by atomic mass is 16.5. The molecule has 0 radical (unpaired) electrons. The molecule has 0 spiro atoms. The van der Waals surface area contributed by atoms with Gasteiger partial charge >= 0.3 is 0 Å². The average Bonchev–Trinajstić information content (AvgIpc) is 2.77. The van der Waals surface area contributed by atoms with Crippen molar-refractivity contribution in [1.82, 2.24) is 14.7 Å². The molecule has 2 aromatic heterocycles. The number of rotatable bonds is 7. The topological polar surface area (TPSA) is 106 Å². The molecule has 0 atom stereocenters. The first-order valence-electron chi connectivity index (χ1n) is 8.92. The number of benzene rings is 1. The van der Waals surface area contributed by atoms with E-state index in [9.17, 15) is 14.9 Å². The van der Waals surface area contributed by atoms with Crippen LogP contribution in [0.5, 0.6) is 17.4 Å². The van der Waals surface area contributed by atoms with Crippen LogP contribution < -0.4 is 20.3 Å². The lowest BCUT2D eigenvalue weighted by Gasteiger charge is -2.12. The number of hydrogen-bond acceptors (Lipinski definition) is 6. The molecule has 3 aromatic rings. The van der Waals surface area contributed by atoms with Gasteiger partial charge in [0.1, 0.15) is 22.9 Å². The van der Waals surface area contributed by atoms with Gasteiger partial charge in [-0.3, -0.25) is 14.0 Å². The second-order valence-electron chi connectivity index (χ2n) is 5.99. The number of ether oxygens (including phenoxy) is 2. The largest absolute Gasteiger partial charge is 0.493 e. The maximum Gasteiger partial charge on any atom is 0.269 e. The van der Waals surface area contributed by atoms with Crippen molar-refractivity contribution in [2.45, 2.75) is 0 Å². The van der Waals surface area contributed by atoms with Crippen molar-refractivity contribution in [3.05, 3.63) is 82.8 Å². The molecular formula is C22H18N4O4. The van der Waals surface area contributed by atoms with Crippen molar-refractivity contribution >= 4 is 17.6 Å². The van der Waals surface area contributed by atoms with Crippen molar-refractivity contribution in [2.24, 2.45) is 0 Å². The second kappa shape index (κ2) is 9.21. The number of para-hydroxylation sites is 2. The van der Waals surface area contributed by atoms with Gasteiger partial charge in [-0.25, -0.2) is 0 Å². The molecule has 1 N–H and O–H groups in total. The molecule has 0 aliphatic heterocycles. The summed E-state index contributed by atoms with van der Waals surface area (Å²) in [6.07, 6.45) is 4.19. The molecular weight excluding hydrogens is 384 g/mol. The fourth-order valence-electron chi connectivity index (χ4n) is 2.64. The molecule has 8 heteroatoms. The minimum Gasteiger partial charge on any atom is -0.493 e. The minimum atomic E-state index is -0.641. The molecule has 0 unspecified atom stereocenters. The van der Waals surface area contributed by atoms with Crippen molar-refractivity contribution in [1.29, 1.82) is 5.26 Å². The van der Waals surface area contributed by atoms with Gasteiger partial charge in [0.15, 0.2) is 11.5 Å². The Balaban J connectivity index is 2.19. The van der Waals surface area contributed by atoms with Gasteiger partial charge < -0.3 is 14.8 Å². The molecule has 0 bridgehead atoms. The summed E-state index contributed by atoms with van der Waals surface area (Å²) < 4.78 is 12.5. The smallest absolute Gasteiger partial charge is 0.269 e. The van der Waals surface area contributed by atoms with E-state index in [0.29, 0.717) is 17.1 Å². The minimum absolute atomic E-state index is 0.0464. The fourth-order valence-corrected chi connectivity index (χ4v) is 2.64. The second-order valence-corrected chi connectivity index (χ2v) is 5.99. The monoisotopic (exact) mass is 402 g/mol. The van der Waals surface area contributed by atoms with Gasteiger partial charge in [0, 0.05) is 12.7 Å². The first kappa shape index (κ1) is 20.4. The van der Waals surface area contributed by atoms with E-state index in [1.54, 1.807) is 54.7 Å². The standard InChI is InChI=1S/C22H18N4O4/c1-3-11-24-20(27)15(14-23)13-16-21(30-18-9-5-4-8-17(18)29-2)25-19-10-6-7-12-26(19)22(16)28/h3-10,12-13H,1,11H2,2H3,(H,24,27)/b15-13+.